The largest absolute Gasteiger partial charge is 0.316 e. The molecule has 1 aliphatic heterocycles. The monoisotopic (exact) mass is 309 g/mol. The molecular formula is C15H20BrNO. The van der Waals surface area contributed by atoms with Crippen molar-refractivity contribution in [3.05, 3.63) is 34.3 Å². The van der Waals surface area contributed by atoms with Crippen LogP contribution in [0.1, 0.15) is 25.8 Å². The van der Waals surface area contributed by atoms with Crippen molar-refractivity contribution in [2.75, 3.05) is 13.1 Å². The van der Waals surface area contributed by atoms with E-state index in [9.17, 15) is 4.79 Å². The van der Waals surface area contributed by atoms with Crippen molar-refractivity contribution in [3.8, 4) is 0 Å². The molecule has 0 spiro atoms. The van der Waals surface area contributed by atoms with Crippen LogP contribution >= 0.6 is 15.9 Å². The van der Waals surface area contributed by atoms with E-state index in [-0.39, 0.29) is 5.41 Å². The lowest BCUT2D eigenvalue weighted by Crippen LogP contribution is -2.39. The first-order valence-electron chi connectivity index (χ1n) is 6.54. The highest BCUT2D eigenvalue weighted by Gasteiger charge is 2.43. The second kappa shape index (κ2) is 5.54. The number of hydrogen-bond donors (Lipinski definition) is 1. The highest BCUT2D eigenvalue weighted by Crippen LogP contribution is 2.36. The van der Waals surface area contributed by atoms with Gasteiger partial charge in [-0.25, -0.2) is 0 Å². The van der Waals surface area contributed by atoms with Gasteiger partial charge in [-0.15, -0.1) is 0 Å². The maximum atomic E-state index is 12.7. The molecule has 3 heteroatoms. The summed E-state index contributed by atoms with van der Waals surface area (Å²) in [5.41, 5.74) is 0.921. The van der Waals surface area contributed by atoms with Gasteiger partial charge in [0.05, 0.1) is 0 Å². The number of Topliss-reactive ketones (excluding diaryl/α,β-unsaturated/α-hetero) is 1. The van der Waals surface area contributed by atoms with Gasteiger partial charge in [-0.05, 0) is 30.5 Å². The summed E-state index contributed by atoms with van der Waals surface area (Å²) in [6, 6.07) is 7.99. The van der Waals surface area contributed by atoms with Crippen molar-refractivity contribution < 1.29 is 4.79 Å². The van der Waals surface area contributed by atoms with E-state index in [1.165, 1.54) is 0 Å². The van der Waals surface area contributed by atoms with Crippen LogP contribution in [0.4, 0.5) is 0 Å². The predicted octanol–water partition coefficient (Wildman–Crippen LogP) is 3.20. The molecule has 1 aromatic carbocycles. The normalized spacial score (nSPS) is 23.6. The molecule has 0 aromatic heterocycles. The fourth-order valence-corrected chi connectivity index (χ4v) is 3.18. The van der Waals surface area contributed by atoms with Crippen molar-refractivity contribution in [2.24, 2.45) is 11.3 Å². The van der Waals surface area contributed by atoms with E-state index in [1.807, 2.05) is 24.3 Å². The molecule has 1 aliphatic rings. The van der Waals surface area contributed by atoms with Gasteiger partial charge in [0, 0.05) is 22.9 Å². The summed E-state index contributed by atoms with van der Waals surface area (Å²) in [5, 5.41) is 3.34. The Morgan fingerprint density at radius 2 is 2.17 bits per heavy atom. The minimum Gasteiger partial charge on any atom is -0.316 e. The van der Waals surface area contributed by atoms with Gasteiger partial charge in [0.15, 0.2) is 0 Å². The molecule has 2 nitrogen and oxygen atoms in total. The van der Waals surface area contributed by atoms with Crippen LogP contribution in [0.15, 0.2) is 28.7 Å². The molecule has 1 heterocycles. The Bertz CT molecular complexity index is 436. The summed E-state index contributed by atoms with van der Waals surface area (Å²) in [7, 11) is 0. The fourth-order valence-electron chi connectivity index (χ4n) is 2.75. The summed E-state index contributed by atoms with van der Waals surface area (Å²) in [5.74, 6) is 0.761. The van der Waals surface area contributed by atoms with Gasteiger partial charge in [0.25, 0.3) is 0 Å². The van der Waals surface area contributed by atoms with Crippen LogP contribution in [0, 0.1) is 11.3 Å². The third-order valence-corrected chi connectivity index (χ3v) is 4.93. The first-order valence-corrected chi connectivity index (χ1v) is 7.33. The minimum absolute atomic E-state index is 0.171. The Labute approximate surface area is 117 Å². The standard InChI is InChI=1S/C15H20BrNO/c1-11(2)15(7-8-17-10-15)14(18)9-12-5-3-4-6-13(12)16/h3-6,11,17H,7-10H2,1-2H3. The molecule has 0 radical (unpaired) electrons. The van der Waals surface area contributed by atoms with Gasteiger partial charge in [-0.3, -0.25) is 4.79 Å². The summed E-state index contributed by atoms with van der Waals surface area (Å²) >= 11 is 3.52. The third kappa shape index (κ3) is 2.52. The summed E-state index contributed by atoms with van der Waals surface area (Å²) < 4.78 is 1.03. The van der Waals surface area contributed by atoms with E-state index >= 15 is 0 Å². The Kier molecular flexibility index (Phi) is 4.23. The minimum atomic E-state index is -0.171. The molecule has 1 fully saturated rings. The predicted molar refractivity (Wildman–Crippen MR) is 77.6 cm³/mol. The maximum absolute atomic E-state index is 12.7. The third-order valence-electron chi connectivity index (χ3n) is 4.16. The highest BCUT2D eigenvalue weighted by atomic mass is 79.9. The second-order valence-electron chi connectivity index (χ2n) is 5.43. The number of carbonyl (C=O) groups excluding carboxylic acids is 1. The number of carbonyl (C=O) groups is 1. The molecule has 98 valence electrons. The van der Waals surface area contributed by atoms with E-state index in [0.717, 1.165) is 29.5 Å². The Morgan fingerprint density at radius 3 is 2.72 bits per heavy atom. The second-order valence-corrected chi connectivity index (χ2v) is 6.28. The van der Waals surface area contributed by atoms with Gasteiger partial charge in [-0.1, -0.05) is 48.0 Å². The quantitative estimate of drug-likeness (QED) is 0.925. The summed E-state index contributed by atoms with van der Waals surface area (Å²) in [6.45, 7) is 6.10. The Morgan fingerprint density at radius 1 is 1.44 bits per heavy atom. The van der Waals surface area contributed by atoms with Gasteiger partial charge in [-0.2, -0.15) is 0 Å². The van der Waals surface area contributed by atoms with Crippen molar-refractivity contribution >= 4 is 21.7 Å². The summed E-state index contributed by atoms with van der Waals surface area (Å²) in [4.78, 5) is 12.7. The molecule has 1 unspecified atom stereocenters. The Hall–Kier alpha value is -0.670. The fraction of sp³-hybridized carbons (Fsp3) is 0.533. The average molecular weight is 310 g/mol. The van der Waals surface area contributed by atoms with Gasteiger partial charge >= 0.3 is 0 Å². The molecule has 0 amide bonds. The SMILES string of the molecule is CC(C)C1(C(=O)Cc2ccccc2Br)CCNC1. The number of halogens is 1. The molecule has 1 saturated heterocycles. The van der Waals surface area contributed by atoms with Crippen LogP contribution in [0.2, 0.25) is 0 Å². The zero-order valence-corrected chi connectivity index (χ0v) is 12.6. The zero-order valence-electron chi connectivity index (χ0n) is 11.0. The van der Waals surface area contributed by atoms with Crippen LogP contribution in [0.3, 0.4) is 0 Å². The van der Waals surface area contributed by atoms with Gasteiger partial charge in [0.1, 0.15) is 5.78 Å². The van der Waals surface area contributed by atoms with Crippen molar-refractivity contribution in [2.45, 2.75) is 26.7 Å². The molecule has 0 saturated carbocycles. The van der Waals surface area contributed by atoms with Crippen LogP contribution in [-0.4, -0.2) is 18.9 Å². The smallest absolute Gasteiger partial charge is 0.145 e. The van der Waals surface area contributed by atoms with E-state index < -0.39 is 0 Å². The molecule has 0 bridgehead atoms. The first-order chi connectivity index (χ1) is 8.56. The lowest BCUT2D eigenvalue weighted by Gasteiger charge is -2.31. The maximum Gasteiger partial charge on any atom is 0.145 e. The van der Waals surface area contributed by atoms with E-state index in [2.05, 4.69) is 35.1 Å². The molecular weight excluding hydrogens is 290 g/mol. The zero-order chi connectivity index (χ0) is 13.2. The van der Waals surface area contributed by atoms with Crippen LogP contribution in [-0.2, 0) is 11.2 Å². The lowest BCUT2D eigenvalue weighted by atomic mass is 9.71. The van der Waals surface area contributed by atoms with Crippen LogP contribution in [0.5, 0.6) is 0 Å². The van der Waals surface area contributed by atoms with E-state index in [4.69, 9.17) is 0 Å². The van der Waals surface area contributed by atoms with Gasteiger partial charge in [0.2, 0.25) is 0 Å². The van der Waals surface area contributed by atoms with E-state index in [0.29, 0.717) is 18.1 Å². The molecule has 0 aliphatic carbocycles. The van der Waals surface area contributed by atoms with Crippen LogP contribution < -0.4 is 5.32 Å². The topological polar surface area (TPSA) is 29.1 Å². The number of ketones is 1. The molecule has 18 heavy (non-hydrogen) atoms. The average Bonchev–Trinajstić information content (AvgIpc) is 2.82. The number of hydrogen-bond acceptors (Lipinski definition) is 2. The summed E-state index contributed by atoms with van der Waals surface area (Å²) in [6.07, 6.45) is 1.50. The van der Waals surface area contributed by atoms with Crippen molar-refractivity contribution in [3.63, 3.8) is 0 Å². The van der Waals surface area contributed by atoms with E-state index in [1.54, 1.807) is 0 Å². The number of nitrogens with one attached hydrogen (secondary N) is 1. The first kappa shape index (κ1) is 13.8. The molecule has 1 aromatic rings. The Balaban J connectivity index is 2.19. The molecule has 1 N–H and O–H groups in total. The lowest BCUT2D eigenvalue weighted by molar-refractivity contribution is -0.129. The number of benzene rings is 1. The van der Waals surface area contributed by atoms with Gasteiger partial charge < -0.3 is 5.32 Å². The molecule has 1 atom stereocenters. The van der Waals surface area contributed by atoms with Crippen molar-refractivity contribution in [1.29, 1.82) is 0 Å². The number of rotatable bonds is 4. The van der Waals surface area contributed by atoms with Crippen molar-refractivity contribution in [1.82, 2.24) is 5.32 Å². The van der Waals surface area contributed by atoms with Crippen LogP contribution in [0.25, 0.3) is 0 Å². The highest BCUT2D eigenvalue weighted by molar-refractivity contribution is 9.10. The molecule has 2 rings (SSSR count).